The number of allylic oxidation sites excluding steroid dienone is 2. The molecule has 2 aliphatic heterocycles. The average Bonchev–Trinajstić information content (AvgIpc) is 3.08. The maximum absolute atomic E-state index is 13.1. The highest BCUT2D eigenvalue weighted by molar-refractivity contribution is 8.17. The third-order valence-electron chi connectivity index (χ3n) is 5.17. The number of nitriles is 1. The Morgan fingerprint density at radius 3 is 2.77 bits per heavy atom. The molecule has 0 bridgehead atoms. The SMILES string of the molecule is CCCC1=C(C(=O)OCC)[C@H](c2cccc3ccccc23)N2C(=N1)SC(C#N)=C2N. The molecule has 7 heteroatoms. The van der Waals surface area contributed by atoms with Gasteiger partial charge in [-0.25, -0.2) is 9.79 Å². The molecule has 6 nitrogen and oxygen atoms in total. The highest BCUT2D eigenvalue weighted by atomic mass is 32.2. The normalized spacial score (nSPS) is 18.4. The zero-order valence-electron chi connectivity index (χ0n) is 16.9. The Hall–Kier alpha value is -3.24. The molecule has 2 aromatic carbocycles. The van der Waals surface area contributed by atoms with Crippen LogP contribution in [0.3, 0.4) is 0 Å². The number of amidine groups is 1. The number of ether oxygens (including phenoxy) is 1. The molecule has 0 aliphatic carbocycles. The minimum absolute atomic E-state index is 0.268. The van der Waals surface area contributed by atoms with Crippen molar-refractivity contribution in [3.05, 3.63) is 70.0 Å². The number of thioether (sulfide) groups is 1. The standard InChI is InChI=1S/C23H22N4O2S/c1-3-8-17-19(22(28)29-4-2)20(27-21(25)18(13-24)30-23(27)26-17)16-12-7-10-14-9-5-6-11-15(14)16/h5-7,9-12,20H,3-4,8,25H2,1-2H3/t20-/m0/s1. The molecule has 152 valence electrons. The molecule has 2 heterocycles. The summed E-state index contributed by atoms with van der Waals surface area (Å²) in [5, 5.41) is 12.3. The fourth-order valence-electron chi connectivity index (χ4n) is 3.92. The molecule has 1 atom stereocenters. The van der Waals surface area contributed by atoms with Crippen LogP contribution in [0.2, 0.25) is 0 Å². The van der Waals surface area contributed by atoms with Crippen LogP contribution in [0.4, 0.5) is 0 Å². The Balaban J connectivity index is 2.01. The van der Waals surface area contributed by atoms with E-state index in [1.807, 2.05) is 49.4 Å². The van der Waals surface area contributed by atoms with Crippen molar-refractivity contribution in [1.29, 1.82) is 5.26 Å². The van der Waals surface area contributed by atoms with Crippen molar-refractivity contribution in [2.24, 2.45) is 10.7 Å². The molecular formula is C23H22N4O2S. The number of rotatable bonds is 5. The van der Waals surface area contributed by atoms with Gasteiger partial charge >= 0.3 is 5.97 Å². The van der Waals surface area contributed by atoms with E-state index in [1.54, 1.807) is 11.8 Å². The van der Waals surface area contributed by atoms with Crippen molar-refractivity contribution >= 4 is 33.7 Å². The van der Waals surface area contributed by atoms with Gasteiger partial charge in [-0.15, -0.1) is 0 Å². The molecule has 0 radical (unpaired) electrons. The fraction of sp³-hybridized carbons (Fsp3) is 0.261. The van der Waals surface area contributed by atoms with Gasteiger partial charge in [-0.3, -0.25) is 4.90 Å². The second-order valence-corrected chi connectivity index (χ2v) is 7.97. The van der Waals surface area contributed by atoms with Gasteiger partial charge in [0.15, 0.2) is 5.17 Å². The molecule has 2 N–H and O–H groups in total. The van der Waals surface area contributed by atoms with Gasteiger partial charge in [0.05, 0.1) is 23.9 Å². The Kier molecular flexibility index (Phi) is 5.51. The predicted octanol–water partition coefficient (Wildman–Crippen LogP) is 4.57. The molecule has 0 unspecified atom stereocenters. The minimum Gasteiger partial charge on any atom is -0.463 e. The van der Waals surface area contributed by atoms with Crippen molar-refractivity contribution in [2.45, 2.75) is 32.7 Å². The van der Waals surface area contributed by atoms with E-state index in [4.69, 9.17) is 15.5 Å². The topological polar surface area (TPSA) is 91.7 Å². The van der Waals surface area contributed by atoms with Gasteiger partial charge in [0.1, 0.15) is 16.8 Å². The third-order valence-corrected chi connectivity index (χ3v) is 6.14. The maximum Gasteiger partial charge on any atom is 0.338 e. The molecule has 0 spiro atoms. The van der Waals surface area contributed by atoms with Crippen LogP contribution in [0.1, 0.15) is 38.3 Å². The lowest BCUT2D eigenvalue weighted by molar-refractivity contribution is -0.139. The highest BCUT2D eigenvalue weighted by Gasteiger charge is 2.43. The van der Waals surface area contributed by atoms with Crippen LogP contribution in [0, 0.1) is 11.3 Å². The monoisotopic (exact) mass is 418 g/mol. The fourth-order valence-corrected chi connectivity index (χ4v) is 4.81. The van der Waals surface area contributed by atoms with Crippen LogP contribution in [-0.2, 0) is 9.53 Å². The number of fused-ring (bicyclic) bond motifs is 2. The molecule has 4 rings (SSSR count). The van der Waals surface area contributed by atoms with Gasteiger partial charge in [0, 0.05) is 0 Å². The zero-order valence-corrected chi connectivity index (χ0v) is 17.7. The number of carbonyl (C=O) groups is 1. The van der Waals surface area contributed by atoms with Crippen molar-refractivity contribution < 1.29 is 9.53 Å². The van der Waals surface area contributed by atoms with E-state index in [1.165, 1.54) is 11.8 Å². The van der Waals surface area contributed by atoms with Gasteiger partial charge in [0.25, 0.3) is 0 Å². The summed E-state index contributed by atoms with van der Waals surface area (Å²) < 4.78 is 5.44. The molecule has 0 amide bonds. The summed E-state index contributed by atoms with van der Waals surface area (Å²) >= 11 is 1.25. The Morgan fingerprint density at radius 2 is 2.03 bits per heavy atom. The summed E-state index contributed by atoms with van der Waals surface area (Å²) in [4.78, 5) is 20.1. The molecule has 0 fully saturated rings. The van der Waals surface area contributed by atoms with Crippen LogP contribution >= 0.6 is 11.8 Å². The van der Waals surface area contributed by atoms with E-state index in [2.05, 4.69) is 6.07 Å². The summed E-state index contributed by atoms with van der Waals surface area (Å²) in [5.74, 6) is -0.0820. The van der Waals surface area contributed by atoms with E-state index in [9.17, 15) is 10.1 Å². The van der Waals surface area contributed by atoms with Crippen LogP contribution in [0.5, 0.6) is 0 Å². The van der Waals surface area contributed by atoms with Crippen molar-refractivity contribution in [3.63, 3.8) is 0 Å². The van der Waals surface area contributed by atoms with Crippen molar-refractivity contribution in [1.82, 2.24) is 4.90 Å². The Bertz CT molecular complexity index is 1150. The van der Waals surface area contributed by atoms with Crippen molar-refractivity contribution in [3.8, 4) is 6.07 Å². The molecule has 2 aromatic rings. The number of esters is 1. The van der Waals surface area contributed by atoms with Gasteiger partial charge in [-0.05, 0) is 41.4 Å². The molecular weight excluding hydrogens is 396 g/mol. The van der Waals surface area contributed by atoms with E-state index in [-0.39, 0.29) is 6.61 Å². The lowest BCUT2D eigenvalue weighted by atomic mass is 9.89. The summed E-state index contributed by atoms with van der Waals surface area (Å²) in [7, 11) is 0. The number of benzene rings is 2. The molecule has 0 aromatic heterocycles. The average molecular weight is 419 g/mol. The Morgan fingerprint density at radius 1 is 1.27 bits per heavy atom. The van der Waals surface area contributed by atoms with E-state index >= 15 is 0 Å². The molecule has 0 saturated heterocycles. The number of hydrogen-bond donors (Lipinski definition) is 1. The highest BCUT2D eigenvalue weighted by Crippen LogP contribution is 2.47. The van der Waals surface area contributed by atoms with Gasteiger partial charge in [0.2, 0.25) is 0 Å². The quantitative estimate of drug-likeness (QED) is 0.715. The van der Waals surface area contributed by atoms with E-state index in [0.29, 0.717) is 33.6 Å². The molecule has 0 saturated carbocycles. The minimum atomic E-state index is -0.512. The first-order chi connectivity index (χ1) is 14.6. The lowest BCUT2D eigenvalue weighted by Crippen LogP contribution is -2.39. The predicted molar refractivity (Wildman–Crippen MR) is 119 cm³/mol. The second kappa shape index (κ2) is 8.25. The Labute approximate surface area is 179 Å². The van der Waals surface area contributed by atoms with Gasteiger partial charge in [-0.2, -0.15) is 5.26 Å². The number of carbonyl (C=O) groups excluding carboxylic acids is 1. The number of aliphatic imine (C=N–C) groups is 1. The third kappa shape index (κ3) is 3.23. The van der Waals surface area contributed by atoms with Crippen LogP contribution < -0.4 is 5.73 Å². The molecule has 2 aliphatic rings. The van der Waals surface area contributed by atoms with Crippen LogP contribution in [0.15, 0.2) is 69.5 Å². The summed E-state index contributed by atoms with van der Waals surface area (Å²) in [6.07, 6.45) is 1.46. The smallest absolute Gasteiger partial charge is 0.338 e. The number of nitrogens with two attached hydrogens (primary N) is 1. The van der Waals surface area contributed by atoms with Crippen LogP contribution in [-0.4, -0.2) is 22.6 Å². The summed E-state index contributed by atoms with van der Waals surface area (Å²) in [6.45, 7) is 4.10. The van der Waals surface area contributed by atoms with E-state index < -0.39 is 12.0 Å². The zero-order chi connectivity index (χ0) is 21.3. The lowest BCUT2D eigenvalue weighted by Gasteiger charge is -2.36. The van der Waals surface area contributed by atoms with Gasteiger partial charge in [-0.1, -0.05) is 55.8 Å². The number of hydrogen-bond acceptors (Lipinski definition) is 7. The largest absolute Gasteiger partial charge is 0.463 e. The van der Waals surface area contributed by atoms with E-state index in [0.717, 1.165) is 22.8 Å². The summed E-state index contributed by atoms with van der Waals surface area (Å²) in [6, 6.07) is 15.7. The van der Waals surface area contributed by atoms with Crippen LogP contribution in [0.25, 0.3) is 10.8 Å². The maximum atomic E-state index is 13.1. The van der Waals surface area contributed by atoms with Crippen molar-refractivity contribution in [2.75, 3.05) is 6.61 Å². The molecule has 30 heavy (non-hydrogen) atoms. The summed E-state index contributed by atoms with van der Waals surface area (Å²) in [5.41, 5.74) is 8.49. The first-order valence-corrected chi connectivity index (χ1v) is 10.8. The first kappa shape index (κ1) is 20.0. The van der Waals surface area contributed by atoms with Gasteiger partial charge < -0.3 is 10.5 Å². The second-order valence-electron chi connectivity index (χ2n) is 6.99. The number of nitrogens with zero attached hydrogens (tertiary/aromatic N) is 3. The first-order valence-electron chi connectivity index (χ1n) is 9.94.